The number of amides is 1. The fourth-order valence-electron chi connectivity index (χ4n) is 10.5. The molecular weight excluding hydrogens is 813 g/mol. The molecule has 0 radical (unpaired) electrons. The number of ketones is 2. The summed E-state index contributed by atoms with van der Waals surface area (Å²) in [5.74, 6) is -1.04. The smallest absolute Gasteiger partial charge is 0.240 e. The van der Waals surface area contributed by atoms with Crippen molar-refractivity contribution >= 4 is 51.9 Å². The molecule has 1 N–H and O–H groups in total. The molecule has 3 heterocycles. The second-order valence-electron chi connectivity index (χ2n) is 18.4. The molecule has 0 saturated carbocycles. The standard InChI is InChI=1S/C55H59N4O4S/c1-9-58-51(62)48(52(63)59(10-2)53(58)64)47-35(25-18-26-45-54(3,4)41-33-39(27-30-43(41)56(45)7)49(60)37-19-13-11-14-20-37)23-17-24-36(47)29-32-46-55(5,6)42-34-40(28-31-44(42)57(46)8)50(61)38-21-15-12-16-22-38/h11-16,18-22,25-34,45,48,51,62H,9-10,17,23-24H2,1-8H3/q+1. The van der Waals surface area contributed by atoms with Crippen LogP contribution in [0.4, 0.5) is 11.4 Å². The zero-order chi connectivity index (χ0) is 45.7. The van der Waals surface area contributed by atoms with Crippen LogP contribution in [0, 0.1) is 5.92 Å². The van der Waals surface area contributed by atoms with Crippen LogP contribution in [0.1, 0.15) is 104 Å². The number of aliphatic hydroxyl groups excluding tert-OH is 1. The Labute approximate surface area is 383 Å². The van der Waals surface area contributed by atoms with Gasteiger partial charge in [-0.25, -0.2) is 0 Å². The SMILES string of the molecule is CCN1C(=O)C(C2=C(C=CC3=[N+](C)c4ccc(C(=O)c5ccccc5)cc4C3(C)C)CCCC2=CC=CC2N(C)c3ccc(C(=O)c4ccccc4)cc3C2(C)C)C(O)N(CC)C1=S. The number of hydrogen-bond donors (Lipinski definition) is 1. The van der Waals surface area contributed by atoms with Gasteiger partial charge in [0.15, 0.2) is 22.4 Å². The van der Waals surface area contributed by atoms with E-state index in [-0.39, 0.29) is 28.9 Å². The summed E-state index contributed by atoms with van der Waals surface area (Å²) in [6.45, 7) is 13.6. The lowest BCUT2D eigenvalue weighted by molar-refractivity contribution is -0.401. The predicted octanol–water partition coefficient (Wildman–Crippen LogP) is 9.87. The molecule has 1 aliphatic carbocycles. The van der Waals surface area contributed by atoms with E-state index in [0.717, 1.165) is 64.2 Å². The Morgan fingerprint density at radius 3 is 2.03 bits per heavy atom. The van der Waals surface area contributed by atoms with Crippen molar-refractivity contribution in [2.45, 2.75) is 83.9 Å². The number of aliphatic hydroxyl groups is 1. The second-order valence-corrected chi connectivity index (χ2v) is 18.8. The average Bonchev–Trinajstić information content (AvgIpc) is 3.61. The highest BCUT2D eigenvalue weighted by Crippen LogP contribution is 2.46. The van der Waals surface area contributed by atoms with Gasteiger partial charge >= 0.3 is 0 Å². The van der Waals surface area contributed by atoms with E-state index in [1.165, 1.54) is 0 Å². The lowest BCUT2D eigenvalue weighted by Crippen LogP contribution is -2.62. The number of nitrogens with zero attached hydrogens (tertiary/aromatic N) is 4. The molecule has 3 unspecified atom stereocenters. The fraction of sp³-hybridized carbons (Fsp3) is 0.327. The Balaban J connectivity index is 1.16. The Morgan fingerprint density at radius 1 is 0.812 bits per heavy atom. The van der Waals surface area contributed by atoms with Crippen molar-refractivity contribution in [2.75, 3.05) is 32.1 Å². The Hall–Kier alpha value is -6.03. The van der Waals surface area contributed by atoms with E-state index in [4.69, 9.17) is 12.2 Å². The Kier molecular flexibility index (Phi) is 12.2. The molecule has 1 fully saturated rings. The van der Waals surface area contributed by atoms with Gasteiger partial charge in [-0.2, -0.15) is 4.58 Å². The van der Waals surface area contributed by atoms with E-state index < -0.39 is 17.6 Å². The summed E-state index contributed by atoms with van der Waals surface area (Å²) in [5, 5.41) is 12.5. The summed E-state index contributed by atoms with van der Waals surface area (Å²) >= 11 is 5.77. The van der Waals surface area contributed by atoms with E-state index in [1.807, 2.05) is 98.8 Å². The minimum atomic E-state index is -1.12. The Bertz CT molecular complexity index is 2710. The predicted molar refractivity (Wildman–Crippen MR) is 261 cm³/mol. The second kappa shape index (κ2) is 17.5. The van der Waals surface area contributed by atoms with E-state index in [1.54, 1.807) is 9.80 Å². The maximum Gasteiger partial charge on any atom is 0.240 e. The average molecular weight is 872 g/mol. The monoisotopic (exact) mass is 871 g/mol. The van der Waals surface area contributed by atoms with Crippen molar-refractivity contribution < 1.29 is 24.1 Å². The maximum atomic E-state index is 14.6. The summed E-state index contributed by atoms with van der Waals surface area (Å²) in [7, 11) is 4.16. The summed E-state index contributed by atoms with van der Waals surface area (Å²) < 4.78 is 2.19. The van der Waals surface area contributed by atoms with Crippen LogP contribution in [0.2, 0.25) is 0 Å². The summed E-state index contributed by atoms with van der Waals surface area (Å²) in [6, 6.07) is 30.8. The first kappa shape index (κ1) is 44.6. The van der Waals surface area contributed by atoms with E-state index >= 15 is 0 Å². The van der Waals surface area contributed by atoms with Crippen molar-refractivity contribution in [1.29, 1.82) is 0 Å². The summed E-state index contributed by atoms with van der Waals surface area (Å²) in [5.41, 5.74) is 10.2. The molecule has 4 aliphatic rings. The van der Waals surface area contributed by atoms with Crippen molar-refractivity contribution in [3.05, 3.63) is 178 Å². The van der Waals surface area contributed by atoms with Crippen LogP contribution in [0.3, 0.4) is 0 Å². The van der Waals surface area contributed by atoms with Crippen molar-refractivity contribution in [1.82, 2.24) is 9.80 Å². The van der Waals surface area contributed by atoms with Crippen LogP contribution in [-0.4, -0.2) is 87.2 Å². The van der Waals surface area contributed by atoms with Crippen LogP contribution >= 0.6 is 12.2 Å². The molecule has 9 heteroatoms. The summed E-state index contributed by atoms with van der Waals surface area (Å²) in [4.78, 5) is 47.2. The van der Waals surface area contributed by atoms with Gasteiger partial charge in [-0.15, -0.1) is 0 Å². The third kappa shape index (κ3) is 7.62. The molecule has 328 valence electrons. The number of allylic oxidation sites excluding steroid dienone is 6. The van der Waals surface area contributed by atoms with Gasteiger partial charge in [0.25, 0.3) is 0 Å². The van der Waals surface area contributed by atoms with Crippen LogP contribution in [0.15, 0.2) is 144 Å². The number of fused-ring (bicyclic) bond motifs is 2. The van der Waals surface area contributed by atoms with E-state index in [0.29, 0.717) is 40.5 Å². The molecule has 0 bridgehead atoms. The molecule has 4 aromatic rings. The molecular formula is C55H59N4O4S+. The number of thiocarbonyl (C=S) groups is 1. The topological polar surface area (TPSA) is 84.2 Å². The normalized spacial score (nSPS) is 22.4. The van der Waals surface area contributed by atoms with Gasteiger partial charge in [0.05, 0.1) is 11.5 Å². The van der Waals surface area contributed by atoms with Gasteiger partial charge in [-0.05, 0) is 112 Å². The number of anilines is 1. The molecule has 3 atom stereocenters. The zero-order valence-electron chi connectivity index (χ0n) is 38.3. The number of hydrogen-bond acceptors (Lipinski definition) is 6. The number of rotatable bonds is 11. The van der Waals surface area contributed by atoms with Crippen LogP contribution in [-0.2, 0) is 15.6 Å². The third-order valence-corrected chi connectivity index (χ3v) is 14.5. The molecule has 0 spiro atoms. The molecule has 64 heavy (non-hydrogen) atoms. The van der Waals surface area contributed by atoms with Crippen molar-refractivity contribution in [2.24, 2.45) is 5.92 Å². The van der Waals surface area contributed by atoms with E-state index in [9.17, 15) is 19.5 Å². The summed E-state index contributed by atoms with van der Waals surface area (Å²) in [6.07, 6.45) is 12.0. The largest absolute Gasteiger partial charge is 0.372 e. The van der Waals surface area contributed by atoms with Crippen LogP contribution < -0.4 is 4.90 Å². The molecule has 4 aromatic carbocycles. The van der Waals surface area contributed by atoms with Gasteiger partial charge in [-0.1, -0.05) is 98.8 Å². The minimum absolute atomic E-state index is 0.00562. The quantitative estimate of drug-likeness (QED) is 0.0913. The van der Waals surface area contributed by atoms with Gasteiger partial charge in [0.2, 0.25) is 11.6 Å². The van der Waals surface area contributed by atoms with Crippen molar-refractivity contribution in [3.8, 4) is 0 Å². The van der Waals surface area contributed by atoms with Gasteiger partial charge in [0.1, 0.15) is 19.2 Å². The highest BCUT2D eigenvalue weighted by Gasteiger charge is 2.47. The molecule has 8 nitrogen and oxygen atoms in total. The number of carbonyl (C=O) groups is 3. The first-order valence-corrected chi connectivity index (χ1v) is 22.9. The van der Waals surface area contributed by atoms with Crippen LogP contribution in [0.25, 0.3) is 0 Å². The number of likely N-dealkylation sites (N-methyl/N-ethyl adjacent to an activating group) is 1. The molecule has 3 aliphatic heterocycles. The first-order valence-electron chi connectivity index (χ1n) is 22.5. The van der Waals surface area contributed by atoms with Crippen molar-refractivity contribution in [3.63, 3.8) is 0 Å². The number of benzene rings is 4. The number of carbonyl (C=O) groups excluding carboxylic acids is 3. The third-order valence-electron chi connectivity index (χ3n) is 14.1. The van der Waals surface area contributed by atoms with Gasteiger partial charge < -0.3 is 14.9 Å². The lowest BCUT2D eigenvalue weighted by Gasteiger charge is -2.45. The molecule has 0 aromatic heterocycles. The minimum Gasteiger partial charge on any atom is -0.372 e. The zero-order valence-corrected chi connectivity index (χ0v) is 39.1. The Morgan fingerprint density at radius 2 is 1.42 bits per heavy atom. The maximum absolute atomic E-state index is 14.6. The molecule has 1 amide bonds. The highest BCUT2D eigenvalue weighted by atomic mass is 32.1. The first-order chi connectivity index (χ1) is 30.6. The highest BCUT2D eigenvalue weighted by molar-refractivity contribution is 7.80. The van der Waals surface area contributed by atoms with Gasteiger partial charge in [0, 0.05) is 71.2 Å². The van der Waals surface area contributed by atoms with Crippen LogP contribution in [0.5, 0.6) is 0 Å². The lowest BCUT2D eigenvalue weighted by atomic mass is 9.76. The molecule has 8 rings (SSSR count). The van der Waals surface area contributed by atoms with Gasteiger partial charge in [-0.3, -0.25) is 19.3 Å². The molecule has 1 saturated heterocycles. The van der Waals surface area contributed by atoms with E-state index in [2.05, 4.69) is 93.8 Å². The fourth-order valence-corrected chi connectivity index (χ4v) is 11.0.